The van der Waals surface area contributed by atoms with Crippen LogP contribution in [0.2, 0.25) is 0 Å². The first-order chi connectivity index (χ1) is 7.13. The summed E-state index contributed by atoms with van der Waals surface area (Å²) in [5.74, 6) is 0.252. The fraction of sp³-hybridized carbons (Fsp3) is 0.917. The van der Waals surface area contributed by atoms with Gasteiger partial charge in [-0.05, 0) is 24.7 Å². The second kappa shape index (κ2) is 6.11. The molecule has 0 heterocycles. The van der Waals surface area contributed by atoms with Gasteiger partial charge < -0.3 is 10.8 Å². The first kappa shape index (κ1) is 12.5. The summed E-state index contributed by atoms with van der Waals surface area (Å²) in [6.07, 6.45) is 7.31. The predicted molar refractivity (Wildman–Crippen MR) is 60.5 cm³/mol. The summed E-state index contributed by atoms with van der Waals surface area (Å²) < 4.78 is 0. The quantitative estimate of drug-likeness (QED) is 0.711. The zero-order valence-corrected chi connectivity index (χ0v) is 9.61. The third-order valence-electron chi connectivity index (χ3n) is 3.53. The van der Waals surface area contributed by atoms with E-state index in [9.17, 15) is 4.79 Å². The van der Waals surface area contributed by atoms with Crippen LogP contribution in [0.25, 0.3) is 0 Å². The van der Waals surface area contributed by atoms with Gasteiger partial charge in [0.25, 0.3) is 0 Å². The smallest absolute Gasteiger partial charge is 0.307 e. The molecule has 3 nitrogen and oxygen atoms in total. The van der Waals surface area contributed by atoms with Gasteiger partial charge in [-0.2, -0.15) is 0 Å². The van der Waals surface area contributed by atoms with E-state index in [0.717, 1.165) is 12.3 Å². The lowest BCUT2D eigenvalue weighted by Crippen LogP contribution is -2.25. The molecule has 3 heteroatoms. The van der Waals surface area contributed by atoms with E-state index in [1.54, 1.807) is 0 Å². The van der Waals surface area contributed by atoms with Gasteiger partial charge in [-0.25, -0.2) is 0 Å². The van der Waals surface area contributed by atoms with Crippen LogP contribution in [-0.2, 0) is 4.79 Å². The van der Waals surface area contributed by atoms with Gasteiger partial charge in [0.15, 0.2) is 0 Å². The molecule has 0 aromatic heterocycles. The van der Waals surface area contributed by atoms with Crippen LogP contribution in [0.5, 0.6) is 0 Å². The Labute approximate surface area is 92.0 Å². The van der Waals surface area contributed by atoms with Crippen molar-refractivity contribution in [3.8, 4) is 0 Å². The molecule has 15 heavy (non-hydrogen) atoms. The minimum atomic E-state index is -0.740. The molecular weight excluding hydrogens is 190 g/mol. The third kappa shape index (κ3) is 4.20. The standard InChI is InChI=1S/C12H23NO2/c1-9(6-10-4-2-3-5-10)7-11(8-13)12(14)15/h9-11H,2-8,13H2,1H3,(H,14,15)/t9-,11+/m0/s1. The monoisotopic (exact) mass is 213 g/mol. The molecule has 0 radical (unpaired) electrons. The molecular formula is C12H23NO2. The Kier molecular flexibility index (Phi) is 5.09. The summed E-state index contributed by atoms with van der Waals surface area (Å²) in [5, 5.41) is 8.90. The summed E-state index contributed by atoms with van der Waals surface area (Å²) in [5.41, 5.74) is 5.45. The van der Waals surface area contributed by atoms with Crippen molar-refractivity contribution in [3.63, 3.8) is 0 Å². The molecule has 0 aliphatic heterocycles. The zero-order chi connectivity index (χ0) is 11.3. The van der Waals surface area contributed by atoms with Crippen molar-refractivity contribution >= 4 is 5.97 Å². The lowest BCUT2D eigenvalue weighted by molar-refractivity contribution is -0.142. The average molecular weight is 213 g/mol. The normalized spacial score (nSPS) is 21.5. The summed E-state index contributed by atoms with van der Waals surface area (Å²) in [4.78, 5) is 10.8. The van der Waals surface area contributed by atoms with Gasteiger partial charge in [0.05, 0.1) is 5.92 Å². The van der Waals surface area contributed by atoms with Crippen LogP contribution in [0, 0.1) is 17.8 Å². The molecule has 0 spiro atoms. The van der Waals surface area contributed by atoms with Gasteiger partial charge in [0.1, 0.15) is 0 Å². The summed E-state index contributed by atoms with van der Waals surface area (Å²) in [6, 6.07) is 0. The first-order valence-electron chi connectivity index (χ1n) is 6.06. The Hall–Kier alpha value is -0.570. The number of carboxylic acid groups (broad SMARTS) is 1. The average Bonchev–Trinajstić information content (AvgIpc) is 2.66. The molecule has 0 bridgehead atoms. The molecule has 0 aromatic rings. The minimum absolute atomic E-state index is 0.268. The van der Waals surface area contributed by atoms with Crippen LogP contribution < -0.4 is 5.73 Å². The molecule has 3 N–H and O–H groups in total. The van der Waals surface area contributed by atoms with Gasteiger partial charge in [-0.3, -0.25) is 4.79 Å². The highest BCUT2D eigenvalue weighted by atomic mass is 16.4. The lowest BCUT2D eigenvalue weighted by Gasteiger charge is -2.19. The lowest BCUT2D eigenvalue weighted by atomic mass is 9.87. The SMILES string of the molecule is C[C@@H](CC1CCCC1)C[C@H](CN)C(=O)O. The highest BCUT2D eigenvalue weighted by molar-refractivity contribution is 5.70. The van der Waals surface area contributed by atoms with E-state index >= 15 is 0 Å². The van der Waals surface area contributed by atoms with Crippen LogP contribution in [0.3, 0.4) is 0 Å². The molecule has 0 amide bonds. The number of hydrogen-bond donors (Lipinski definition) is 2. The number of rotatable bonds is 6. The van der Waals surface area contributed by atoms with Crippen molar-refractivity contribution in [2.45, 2.75) is 45.4 Å². The molecule has 0 aromatic carbocycles. The maximum absolute atomic E-state index is 10.8. The topological polar surface area (TPSA) is 63.3 Å². The van der Waals surface area contributed by atoms with Crippen molar-refractivity contribution in [3.05, 3.63) is 0 Å². The summed E-state index contributed by atoms with van der Waals surface area (Å²) in [7, 11) is 0. The molecule has 0 unspecified atom stereocenters. The summed E-state index contributed by atoms with van der Waals surface area (Å²) in [6.45, 7) is 2.42. The Balaban J connectivity index is 2.26. The van der Waals surface area contributed by atoms with Gasteiger partial charge >= 0.3 is 5.97 Å². The van der Waals surface area contributed by atoms with Crippen LogP contribution in [-0.4, -0.2) is 17.6 Å². The third-order valence-corrected chi connectivity index (χ3v) is 3.53. The van der Waals surface area contributed by atoms with Crippen molar-refractivity contribution in [1.82, 2.24) is 0 Å². The van der Waals surface area contributed by atoms with E-state index in [1.807, 2.05) is 0 Å². The first-order valence-corrected chi connectivity index (χ1v) is 6.06. The fourth-order valence-electron chi connectivity index (χ4n) is 2.69. The fourth-order valence-corrected chi connectivity index (χ4v) is 2.69. The van der Waals surface area contributed by atoms with Crippen molar-refractivity contribution in [2.75, 3.05) is 6.54 Å². The van der Waals surface area contributed by atoms with Gasteiger partial charge in [-0.15, -0.1) is 0 Å². The number of carbonyl (C=O) groups is 1. The molecule has 1 saturated carbocycles. The van der Waals surface area contributed by atoms with Crippen LogP contribution in [0.15, 0.2) is 0 Å². The molecule has 0 saturated heterocycles. The van der Waals surface area contributed by atoms with E-state index in [-0.39, 0.29) is 12.5 Å². The van der Waals surface area contributed by atoms with Crippen molar-refractivity contribution in [1.29, 1.82) is 0 Å². The predicted octanol–water partition coefficient (Wildman–Crippen LogP) is 2.25. The molecule has 2 atom stereocenters. The van der Waals surface area contributed by atoms with E-state index < -0.39 is 5.97 Å². The Morgan fingerprint density at radius 2 is 2.07 bits per heavy atom. The second-order valence-electron chi connectivity index (χ2n) is 5.00. The number of aliphatic carboxylic acids is 1. The number of hydrogen-bond acceptors (Lipinski definition) is 2. The van der Waals surface area contributed by atoms with Crippen molar-refractivity contribution in [2.24, 2.45) is 23.5 Å². The Morgan fingerprint density at radius 1 is 1.47 bits per heavy atom. The van der Waals surface area contributed by atoms with Crippen molar-refractivity contribution < 1.29 is 9.90 Å². The second-order valence-corrected chi connectivity index (χ2v) is 5.00. The largest absolute Gasteiger partial charge is 0.481 e. The van der Waals surface area contributed by atoms with Gasteiger partial charge in [0.2, 0.25) is 0 Å². The zero-order valence-electron chi connectivity index (χ0n) is 9.61. The number of nitrogens with two attached hydrogens (primary N) is 1. The highest BCUT2D eigenvalue weighted by Crippen LogP contribution is 2.32. The van der Waals surface area contributed by atoms with Gasteiger partial charge in [0, 0.05) is 6.54 Å². The van der Waals surface area contributed by atoms with Gasteiger partial charge in [-0.1, -0.05) is 32.6 Å². The van der Waals surface area contributed by atoms with Crippen LogP contribution >= 0.6 is 0 Å². The summed E-state index contributed by atoms with van der Waals surface area (Å²) >= 11 is 0. The maximum Gasteiger partial charge on any atom is 0.307 e. The number of carboxylic acids is 1. The van der Waals surface area contributed by atoms with E-state index in [1.165, 1.54) is 32.1 Å². The Morgan fingerprint density at radius 3 is 2.53 bits per heavy atom. The Bertz CT molecular complexity index is 200. The molecule has 1 rings (SSSR count). The van der Waals surface area contributed by atoms with Crippen LogP contribution in [0.4, 0.5) is 0 Å². The van der Waals surface area contributed by atoms with E-state index in [2.05, 4.69) is 6.92 Å². The maximum atomic E-state index is 10.8. The van der Waals surface area contributed by atoms with E-state index in [4.69, 9.17) is 10.8 Å². The minimum Gasteiger partial charge on any atom is -0.481 e. The van der Waals surface area contributed by atoms with Crippen LogP contribution in [0.1, 0.15) is 45.4 Å². The molecule has 1 aliphatic rings. The molecule has 1 fully saturated rings. The van der Waals surface area contributed by atoms with E-state index in [0.29, 0.717) is 5.92 Å². The molecule has 88 valence electrons. The molecule has 1 aliphatic carbocycles. The highest BCUT2D eigenvalue weighted by Gasteiger charge is 2.22.